The Morgan fingerprint density at radius 3 is 2.94 bits per heavy atom. The largest absolute Gasteiger partial charge is 0.389 e. The van der Waals surface area contributed by atoms with Gasteiger partial charge in [0, 0.05) is 6.20 Å². The molecule has 7 heteroatoms. The molecule has 2 aromatic rings. The summed E-state index contributed by atoms with van der Waals surface area (Å²) >= 11 is 4.95. The van der Waals surface area contributed by atoms with Crippen LogP contribution < -0.4 is 11.1 Å². The molecule has 0 radical (unpaired) electrons. The Morgan fingerprint density at radius 1 is 1.39 bits per heavy atom. The fraction of sp³-hybridized carbons (Fsp3) is 0.182. The Bertz CT molecular complexity index is 571. The second-order valence-corrected chi connectivity index (χ2v) is 4.05. The third-order valence-corrected chi connectivity index (χ3v) is 2.48. The van der Waals surface area contributed by atoms with E-state index >= 15 is 0 Å². The molecule has 2 aromatic heterocycles. The van der Waals surface area contributed by atoms with Crippen molar-refractivity contribution in [2.24, 2.45) is 5.73 Å². The van der Waals surface area contributed by atoms with Gasteiger partial charge in [-0.1, -0.05) is 12.2 Å². The van der Waals surface area contributed by atoms with Gasteiger partial charge in [0.1, 0.15) is 10.8 Å². The molecule has 0 aliphatic heterocycles. The van der Waals surface area contributed by atoms with E-state index in [0.717, 1.165) is 11.5 Å². The van der Waals surface area contributed by atoms with E-state index in [1.807, 2.05) is 13.0 Å². The fourth-order valence-corrected chi connectivity index (χ4v) is 1.60. The second kappa shape index (κ2) is 5.46. The topological polar surface area (TPSA) is 89.6 Å². The summed E-state index contributed by atoms with van der Waals surface area (Å²) in [6, 6.07) is 3.56. The lowest BCUT2D eigenvalue weighted by atomic mass is 10.2. The summed E-state index contributed by atoms with van der Waals surface area (Å²) in [5.74, 6) is 1.28. The minimum atomic E-state index is 0.284. The van der Waals surface area contributed by atoms with Crippen molar-refractivity contribution >= 4 is 23.0 Å². The molecule has 6 nitrogen and oxygen atoms in total. The van der Waals surface area contributed by atoms with Crippen LogP contribution in [0.15, 0.2) is 24.5 Å². The SMILES string of the molecule is Cc1nccc(CNc2nnccc2C(N)=S)n1. The monoisotopic (exact) mass is 260 g/mol. The number of nitrogens with one attached hydrogen (secondary N) is 1. The minimum Gasteiger partial charge on any atom is -0.389 e. The lowest BCUT2D eigenvalue weighted by Crippen LogP contribution is -2.15. The maximum Gasteiger partial charge on any atom is 0.159 e. The van der Waals surface area contributed by atoms with Gasteiger partial charge in [0.05, 0.1) is 24.0 Å². The van der Waals surface area contributed by atoms with Crippen LogP contribution in [0.1, 0.15) is 17.1 Å². The lowest BCUT2D eigenvalue weighted by molar-refractivity contribution is 0.934. The average molecular weight is 260 g/mol. The summed E-state index contributed by atoms with van der Waals surface area (Å²) < 4.78 is 0. The van der Waals surface area contributed by atoms with Gasteiger partial charge in [-0.2, -0.15) is 5.10 Å². The molecule has 0 bridgehead atoms. The zero-order valence-electron chi connectivity index (χ0n) is 9.79. The summed E-state index contributed by atoms with van der Waals surface area (Å²) in [7, 11) is 0. The van der Waals surface area contributed by atoms with Crippen molar-refractivity contribution < 1.29 is 0 Å². The van der Waals surface area contributed by atoms with Crippen molar-refractivity contribution in [3.63, 3.8) is 0 Å². The van der Waals surface area contributed by atoms with E-state index in [2.05, 4.69) is 25.5 Å². The smallest absolute Gasteiger partial charge is 0.159 e. The third kappa shape index (κ3) is 2.95. The van der Waals surface area contributed by atoms with Gasteiger partial charge >= 0.3 is 0 Å². The molecule has 3 N–H and O–H groups in total. The van der Waals surface area contributed by atoms with Crippen molar-refractivity contribution in [2.45, 2.75) is 13.5 Å². The summed E-state index contributed by atoms with van der Waals surface area (Å²) in [5.41, 5.74) is 7.14. The molecule has 0 unspecified atom stereocenters. The van der Waals surface area contributed by atoms with Gasteiger partial charge in [-0.25, -0.2) is 9.97 Å². The highest BCUT2D eigenvalue weighted by Gasteiger charge is 2.06. The zero-order chi connectivity index (χ0) is 13.0. The zero-order valence-corrected chi connectivity index (χ0v) is 10.6. The minimum absolute atomic E-state index is 0.284. The van der Waals surface area contributed by atoms with Gasteiger partial charge in [-0.3, -0.25) is 0 Å². The third-order valence-electron chi connectivity index (χ3n) is 2.26. The number of rotatable bonds is 4. The van der Waals surface area contributed by atoms with Crippen molar-refractivity contribution in [3.05, 3.63) is 41.6 Å². The van der Waals surface area contributed by atoms with Crippen LogP contribution in [-0.4, -0.2) is 25.2 Å². The number of hydrogen-bond acceptors (Lipinski definition) is 6. The first kappa shape index (κ1) is 12.3. The Labute approximate surface area is 110 Å². The highest BCUT2D eigenvalue weighted by Crippen LogP contribution is 2.10. The van der Waals surface area contributed by atoms with Gasteiger partial charge < -0.3 is 11.1 Å². The van der Waals surface area contributed by atoms with Crippen LogP contribution in [0.3, 0.4) is 0 Å². The maximum absolute atomic E-state index is 5.61. The molecule has 0 fully saturated rings. The van der Waals surface area contributed by atoms with Gasteiger partial charge in [0.15, 0.2) is 5.82 Å². The fourth-order valence-electron chi connectivity index (χ4n) is 1.44. The molecule has 0 atom stereocenters. The van der Waals surface area contributed by atoms with E-state index in [1.165, 1.54) is 0 Å². The highest BCUT2D eigenvalue weighted by atomic mass is 32.1. The Balaban J connectivity index is 2.13. The summed E-state index contributed by atoms with van der Waals surface area (Å²) in [6.45, 7) is 2.35. The molecule has 0 saturated carbocycles. The normalized spacial score (nSPS) is 10.1. The molecule has 18 heavy (non-hydrogen) atoms. The molecule has 0 aliphatic rings. The molecule has 92 valence electrons. The van der Waals surface area contributed by atoms with Crippen molar-refractivity contribution in [2.75, 3.05) is 5.32 Å². The van der Waals surface area contributed by atoms with Crippen LogP contribution in [-0.2, 0) is 6.54 Å². The number of nitrogens with two attached hydrogens (primary N) is 1. The number of hydrogen-bond donors (Lipinski definition) is 2. The molecule has 2 rings (SSSR count). The standard InChI is InChI=1S/C11H12N6S/c1-7-13-4-2-8(16-7)6-14-11-9(10(12)18)3-5-15-17-11/h2-5H,6H2,1H3,(H2,12,18)(H,14,17). The van der Waals surface area contributed by atoms with Crippen molar-refractivity contribution in [3.8, 4) is 0 Å². The molecule has 0 aromatic carbocycles. The molecule has 0 amide bonds. The van der Waals surface area contributed by atoms with E-state index in [4.69, 9.17) is 18.0 Å². The van der Waals surface area contributed by atoms with E-state index in [-0.39, 0.29) is 4.99 Å². The molecule has 0 saturated heterocycles. The number of thiocarbonyl (C=S) groups is 1. The van der Waals surface area contributed by atoms with Crippen molar-refractivity contribution in [1.29, 1.82) is 0 Å². The van der Waals surface area contributed by atoms with Crippen LogP contribution >= 0.6 is 12.2 Å². The van der Waals surface area contributed by atoms with Gasteiger partial charge in [0.2, 0.25) is 0 Å². The first-order valence-electron chi connectivity index (χ1n) is 5.30. The molecular formula is C11H12N6S. The van der Waals surface area contributed by atoms with Crippen LogP contribution in [0.4, 0.5) is 5.82 Å². The number of aryl methyl sites for hydroxylation is 1. The predicted molar refractivity (Wildman–Crippen MR) is 72.0 cm³/mol. The maximum atomic E-state index is 5.61. The number of aromatic nitrogens is 4. The lowest BCUT2D eigenvalue weighted by Gasteiger charge is -2.08. The summed E-state index contributed by atoms with van der Waals surface area (Å²) in [6.07, 6.45) is 3.26. The van der Waals surface area contributed by atoms with Crippen LogP contribution in [0.5, 0.6) is 0 Å². The van der Waals surface area contributed by atoms with Gasteiger partial charge in [-0.15, -0.1) is 5.10 Å². The highest BCUT2D eigenvalue weighted by molar-refractivity contribution is 7.80. The van der Waals surface area contributed by atoms with Crippen LogP contribution in [0.25, 0.3) is 0 Å². The van der Waals surface area contributed by atoms with Crippen LogP contribution in [0, 0.1) is 6.92 Å². The van der Waals surface area contributed by atoms with Crippen LogP contribution in [0.2, 0.25) is 0 Å². The quantitative estimate of drug-likeness (QED) is 0.786. The molecular weight excluding hydrogens is 248 g/mol. The first-order chi connectivity index (χ1) is 8.66. The number of nitrogens with zero attached hydrogens (tertiary/aromatic N) is 4. The van der Waals surface area contributed by atoms with Gasteiger partial charge in [-0.05, 0) is 19.1 Å². The molecule has 0 aliphatic carbocycles. The van der Waals surface area contributed by atoms with Crippen molar-refractivity contribution in [1.82, 2.24) is 20.2 Å². The van der Waals surface area contributed by atoms with E-state index in [0.29, 0.717) is 17.9 Å². The predicted octanol–water partition coefficient (Wildman–Crippen LogP) is 0.821. The Morgan fingerprint density at radius 2 is 2.22 bits per heavy atom. The molecule has 0 spiro atoms. The van der Waals surface area contributed by atoms with E-state index < -0.39 is 0 Å². The molecule has 2 heterocycles. The van der Waals surface area contributed by atoms with Gasteiger partial charge in [0.25, 0.3) is 0 Å². The Hall–Kier alpha value is -2.15. The summed E-state index contributed by atoms with van der Waals surface area (Å²) in [5, 5.41) is 10.9. The van der Waals surface area contributed by atoms with E-state index in [9.17, 15) is 0 Å². The second-order valence-electron chi connectivity index (χ2n) is 3.61. The summed E-state index contributed by atoms with van der Waals surface area (Å²) in [4.78, 5) is 8.59. The first-order valence-corrected chi connectivity index (χ1v) is 5.71. The van der Waals surface area contributed by atoms with E-state index in [1.54, 1.807) is 18.5 Å². The number of anilines is 1. The average Bonchev–Trinajstić information content (AvgIpc) is 2.37. The Kier molecular flexibility index (Phi) is 3.73.